The first-order valence-electron chi connectivity index (χ1n) is 13.0. The third-order valence-electron chi connectivity index (χ3n) is 7.46. The average Bonchev–Trinajstić information content (AvgIpc) is 3.73. The summed E-state index contributed by atoms with van der Waals surface area (Å²) in [5, 5.41) is 3.82. The molecular weight excluding hydrogens is 555 g/mol. The Bertz CT molecular complexity index is 2030. The van der Waals surface area contributed by atoms with Crippen molar-refractivity contribution in [3.8, 4) is 45.6 Å². The van der Waals surface area contributed by atoms with Gasteiger partial charge < -0.3 is 9.97 Å². The van der Waals surface area contributed by atoms with Crippen LogP contribution in [0.2, 0.25) is 0 Å². The molecule has 0 saturated heterocycles. The third kappa shape index (κ3) is 3.53. The van der Waals surface area contributed by atoms with Gasteiger partial charge in [0.15, 0.2) is 23.3 Å². The maximum atomic E-state index is 5.02. The summed E-state index contributed by atoms with van der Waals surface area (Å²) in [6.45, 7) is 0. The molecule has 0 fully saturated rings. The van der Waals surface area contributed by atoms with E-state index in [0.29, 0.717) is 45.9 Å². The summed E-state index contributed by atoms with van der Waals surface area (Å²) in [5.74, 6) is 2.39. The van der Waals surface area contributed by atoms with E-state index in [1.807, 2.05) is 97.1 Å². The molecule has 0 atom stereocenters. The molecule has 8 bridgehead atoms. The van der Waals surface area contributed by atoms with Crippen LogP contribution < -0.4 is 0 Å². The van der Waals surface area contributed by atoms with Crippen LogP contribution in [0.15, 0.2) is 97.1 Å². The summed E-state index contributed by atoms with van der Waals surface area (Å²) in [5.41, 5.74) is 6.45. The summed E-state index contributed by atoms with van der Waals surface area (Å²) in [7, 11) is 0. The SMILES string of the molecule is [Co].c1ccc2c(c1)-c1nc-2nc2[nH]c(nc3nc(nc4[nH]c(n1)c1ccccc41)-c1ccccc1-3)c1ccccc21. The summed E-state index contributed by atoms with van der Waals surface area (Å²) in [6.07, 6.45) is 0. The molecule has 0 amide bonds. The van der Waals surface area contributed by atoms with Crippen LogP contribution in [0, 0.1) is 0 Å². The number of benzene rings is 4. The second kappa shape index (κ2) is 8.88. The molecule has 9 heteroatoms. The van der Waals surface area contributed by atoms with Gasteiger partial charge in [-0.15, -0.1) is 0 Å². The van der Waals surface area contributed by atoms with Gasteiger partial charge in [0.2, 0.25) is 0 Å². The van der Waals surface area contributed by atoms with Crippen LogP contribution in [0.1, 0.15) is 0 Å². The van der Waals surface area contributed by atoms with E-state index in [1.54, 1.807) is 0 Å². The molecule has 2 N–H and O–H groups in total. The number of nitrogens with one attached hydrogen (secondary N) is 2. The van der Waals surface area contributed by atoms with E-state index in [-0.39, 0.29) is 16.8 Å². The Labute approximate surface area is 242 Å². The zero-order valence-electron chi connectivity index (χ0n) is 21.3. The molecule has 9 rings (SSSR count). The van der Waals surface area contributed by atoms with Gasteiger partial charge in [0.05, 0.1) is 0 Å². The van der Waals surface area contributed by atoms with Crippen molar-refractivity contribution < 1.29 is 16.8 Å². The van der Waals surface area contributed by atoms with E-state index in [4.69, 9.17) is 29.9 Å². The number of nitrogens with zero attached hydrogens (tertiary/aromatic N) is 6. The molecular formula is C32H18CoN8. The second-order valence-electron chi connectivity index (χ2n) is 9.79. The summed E-state index contributed by atoms with van der Waals surface area (Å²) in [4.78, 5) is 36.8. The average molecular weight is 573 g/mol. The minimum absolute atomic E-state index is 0. The fourth-order valence-electron chi connectivity index (χ4n) is 5.59. The topological polar surface area (TPSA) is 109 Å². The quantitative estimate of drug-likeness (QED) is 0.205. The Morgan fingerprint density at radius 3 is 0.829 bits per heavy atom. The fourth-order valence-corrected chi connectivity index (χ4v) is 5.59. The van der Waals surface area contributed by atoms with E-state index in [9.17, 15) is 0 Å². The maximum absolute atomic E-state index is 5.02. The molecule has 195 valence electrons. The Kier molecular flexibility index (Phi) is 5.12. The van der Waals surface area contributed by atoms with Gasteiger partial charge in [0, 0.05) is 60.6 Å². The molecule has 8 nitrogen and oxygen atoms in total. The molecule has 0 saturated carbocycles. The summed E-state index contributed by atoms with van der Waals surface area (Å²) in [6, 6.07) is 32.2. The molecule has 0 spiro atoms. The predicted molar refractivity (Wildman–Crippen MR) is 156 cm³/mol. The first-order chi connectivity index (χ1) is 19.8. The van der Waals surface area contributed by atoms with E-state index in [0.717, 1.165) is 43.8 Å². The van der Waals surface area contributed by atoms with Crippen LogP contribution >= 0.6 is 0 Å². The molecule has 1 radical (unpaired) electrons. The van der Waals surface area contributed by atoms with Gasteiger partial charge >= 0.3 is 0 Å². The van der Waals surface area contributed by atoms with Crippen molar-refractivity contribution in [2.24, 2.45) is 0 Å². The minimum atomic E-state index is 0. The molecule has 0 unspecified atom stereocenters. The number of aromatic nitrogens is 8. The number of aromatic amines is 2. The fraction of sp³-hybridized carbons (Fsp3) is 0. The van der Waals surface area contributed by atoms with E-state index in [1.165, 1.54) is 0 Å². The predicted octanol–water partition coefficient (Wildman–Crippen LogP) is 6.87. The Hall–Kier alpha value is -5.25. The largest absolute Gasteiger partial charge is 0.324 e. The first-order valence-corrected chi connectivity index (χ1v) is 13.0. The van der Waals surface area contributed by atoms with Crippen LogP contribution in [-0.4, -0.2) is 39.9 Å². The van der Waals surface area contributed by atoms with Gasteiger partial charge in [-0.3, -0.25) is 0 Å². The number of fused-ring (bicyclic) bond motifs is 20. The maximum Gasteiger partial charge on any atom is 0.164 e. The van der Waals surface area contributed by atoms with Crippen LogP contribution in [0.3, 0.4) is 0 Å². The Balaban J connectivity index is 0.00000256. The molecule has 0 aliphatic carbocycles. The number of hydrogen-bond donors (Lipinski definition) is 2. The van der Waals surface area contributed by atoms with Crippen molar-refractivity contribution in [1.29, 1.82) is 0 Å². The molecule has 7 aromatic rings. The first kappa shape index (κ1) is 23.6. The van der Waals surface area contributed by atoms with Gasteiger partial charge in [-0.05, 0) is 0 Å². The Morgan fingerprint density at radius 2 is 0.561 bits per heavy atom. The number of hydrogen-bond acceptors (Lipinski definition) is 6. The van der Waals surface area contributed by atoms with E-state index >= 15 is 0 Å². The molecule has 4 aromatic carbocycles. The van der Waals surface area contributed by atoms with Crippen molar-refractivity contribution >= 4 is 44.1 Å². The van der Waals surface area contributed by atoms with Crippen molar-refractivity contribution in [3.63, 3.8) is 0 Å². The monoisotopic (exact) mass is 573 g/mol. The van der Waals surface area contributed by atoms with Crippen molar-refractivity contribution in [2.75, 3.05) is 0 Å². The van der Waals surface area contributed by atoms with Gasteiger partial charge in [0.1, 0.15) is 22.6 Å². The van der Waals surface area contributed by atoms with Crippen LogP contribution in [-0.2, 0) is 16.8 Å². The van der Waals surface area contributed by atoms with E-state index < -0.39 is 0 Å². The van der Waals surface area contributed by atoms with Gasteiger partial charge in [0.25, 0.3) is 0 Å². The normalized spacial score (nSPS) is 11.7. The summed E-state index contributed by atoms with van der Waals surface area (Å²) < 4.78 is 0. The molecule has 2 aliphatic rings. The third-order valence-corrected chi connectivity index (χ3v) is 7.46. The molecule has 5 heterocycles. The van der Waals surface area contributed by atoms with Crippen molar-refractivity contribution in [3.05, 3.63) is 97.1 Å². The van der Waals surface area contributed by atoms with Gasteiger partial charge in [-0.1, -0.05) is 97.1 Å². The number of rotatable bonds is 0. The van der Waals surface area contributed by atoms with Crippen molar-refractivity contribution in [1.82, 2.24) is 39.9 Å². The molecule has 2 aliphatic heterocycles. The van der Waals surface area contributed by atoms with Crippen LogP contribution in [0.5, 0.6) is 0 Å². The standard InChI is InChI=1S/C32H18N8.Co/c1-2-10-18-17(9-1)25-33-26(18)38-28-21-13-5-6-14-22(21)30(35-28)40-32-24-16-8-7-15-23(24)31(36-32)39-29-20-12-4-3-11-19(20)27(34-29)37-25;/h1-16H,(H2,33,34,35,36,37,38,39,40);. The zero-order valence-corrected chi connectivity index (χ0v) is 22.3. The summed E-state index contributed by atoms with van der Waals surface area (Å²) >= 11 is 0. The molecule has 3 aromatic heterocycles. The second-order valence-corrected chi connectivity index (χ2v) is 9.79. The smallest absolute Gasteiger partial charge is 0.164 e. The number of H-pyrrole nitrogens is 2. The molecule has 41 heavy (non-hydrogen) atoms. The van der Waals surface area contributed by atoms with Gasteiger partial charge in [-0.2, -0.15) is 0 Å². The van der Waals surface area contributed by atoms with Crippen LogP contribution in [0.25, 0.3) is 89.7 Å². The Morgan fingerprint density at radius 1 is 0.317 bits per heavy atom. The minimum Gasteiger partial charge on any atom is -0.324 e. The van der Waals surface area contributed by atoms with Gasteiger partial charge in [-0.25, -0.2) is 29.9 Å². The van der Waals surface area contributed by atoms with Crippen LogP contribution in [0.4, 0.5) is 0 Å². The van der Waals surface area contributed by atoms with E-state index in [2.05, 4.69) is 9.97 Å². The zero-order chi connectivity index (χ0) is 26.2. The van der Waals surface area contributed by atoms with Crippen molar-refractivity contribution in [2.45, 2.75) is 0 Å².